The summed E-state index contributed by atoms with van der Waals surface area (Å²) >= 11 is 5.73. The Labute approximate surface area is 120 Å². The topological polar surface area (TPSA) is 55.0 Å². The molecule has 2 heterocycles. The lowest BCUT2D eigenvalue weighted by Crippen LogP contribution is -2.00. The van der Waals surface area contributed by atoms with E-state index in [2.05, 4.69) is 9.97 Å². The van der Waals surface area contributed by atoms with E-state index in [1.165, 1.54) is 6.20 Å². The van der Waals surface area contributed by atoms with Gasteiger partial charge in [0.15, 0.2) is 5.78 Å². The number of fused-ring (bicyclic) bond motifs is 1. The number of ether oxygens (including phenoxy) is 1. The van der Waals surface area contributed by atoms with E-state index in [4.69, 9.17) is 16.3 Å². The highest BCUT2D eigenvalue weighted by Crippen LogP contribution is 2.25. The van der Waals surface area contributed by atoms with Gasteiger partial charge in [-0.3, -0.25) is 4.79 Å². The highest BCUT2D eigenvalue weighted by atomic mass is 35.5. The normalized spacial score (nSPS) is 10.7. The molecule has 3 aromatic rings. The zero-order chi connectivity index (χ0) is 14.1. The van der Waals surface area contributed by atoms with Crippen molar-refractivity contribution in [1.29, 1.82) is 0 Å². The molecule has 1 aromatic carbocycles. The fourth-order valence-electron chi connectivity index (χ4n) is 2.09. The third-order valence-corrected chi connectivity index (χ3v) is 3.35. The number of carbonyl (C=O) groups excluding carboxylic acids is 1. The van der Waals surface area contributed by atoms with Gasteiger partial charge in [-0.15, -0.1) is 0 Å². The van der Waals surface area contributed by atoms with E-state index >= 15 is 0 Å². The highest BCUT2D eigenvalue weighted by molar-refractivity contribution is 6.29. The third kappa shape index (κ3) is 2.14. The molecule has 4 nitrogen and oxygen atoms in total. The highest BCUT2D eigenvalue weighted by Gasteiger charge is 2.14. The van der Waals surface area contributed by atoms with Gasteiger partial charge in [0.2, 0.25) is 0 Å². The SMILES string of the molecule is COc1ccc2c(C(=O)c3ccc(Cl)nc3)c[nH]c2c1. The number of pyridine rings is 1. The van der Waals surface area contributed by atoms with Crippen LogP contribution >= 0.6 is 11.6 Å². The van der Waals surface area contributed by atoms with Gasteiger partial charge >= 0.3 is 0 Å². The van der Waals surface area contributed by atoms with Gasteiger partial charge in [0.05, 0.1) is 7.11 Å². The van der Waals surface area contributed by atoms with E-state index in [0.717, 1.165) is 16.7 Å². The molecule has 0 saturated heterocycles. The first kappa shape index (κ1) is 12.7. The van der Waals surface area contributed by atoms with Crippen LogP contribution in [-0.2, 0) is 0 Å². The summed E-state index contributed by atoms with van der Waals surface area (Å²) in [7, 11) is 1.61. The van der Waals surface area contributed by atoms with Gasteiger partial charge in [-0.25, -0.2) is 4.98 Å². The number of rotatable bonds is 3. The Balaban J connectivity index is 2.05. The molecule has 0 spiro atoms. The summed E-state index contributed by atoms with van der Waals surface area (Å²) in [4.78, 5) is 19.5. The third-order valence-electron chi connectivity index (χ3n) is 3.12. The van der Waals surface area contributed by atoms with Gasteiger partial charge in [0, 0.05) is 40.5 Å². The molecule has 0 fully saturated rings. The summed E-state index contributed by atoms with van der Waals surface area (Å²) in [5, 5.41) is 1.22. The largest absolute Gasteiger partial charge is 0.497 e. The molecule has 0 radical (unpaired) electrons. The molecular weight excluding hydrogens is 276 g/mol. The van der Waals surface area contributed by atoms with Crippen molar-refractivity contribution in [3.63, 3.8) is 0 Å². The first-order valence-corrected chi connectivity index (χ1v) is 6.38. The summed E-state index contributed by atoms with van der Waals surface area (Å²) < 4.78 is 5.16. The average Bonchev–Trinajstić information content (AvgIpc) is 2.90. The summed E-state index contributed by atoms with van der Waals surface area (Å²) in [5.74, 6) is 0.650. The minimum absolute atomic E-state index is 0.0921. The molecule has 0 amide bonds. The molecule has 0 aliphatic carbocycles. The molecule has 0 saturated carbocycles. The molecule has 1 N–H and O–H groups in total. The minimum atomic E-state index is -0.0921. The summed E-state index contributed by atoms with van der Waals surface area (Å²) in [6.45, 7) is 0. The first-order chi connectivity index (χ1) is 9.69. The number of aromatic amines is 1. The lowest BCUT2D eigenvalue weighted by atomic mass is 10.0. The standard InChI is InChI=1S/C15H11ClN2O2/c1-20-10-3-4-11-12(8-17-13(11)6-10)15(19)9-2-5-14(16)18-7-9/h2-8,17H,1H3. The van der Waals surface area contributed by atoms with Crippen molar-refractivity contribution in [2.24, 2.45) is 0 Å². The average molecular weight is 287 g/mol. The van der Waals surface area contributed by atoms with Gasteiger partial charge in [0.25, 0.3) is 0 Å². The number of carbonyl (C=O) groups is 1. The van der Waals surface area contributed by atoms with Gasteiger partial charge < -0.3 is 9.72 Å². The molecule has 20 heavy (non-hydrogen) atoms. The fraction of sp³-hybridized carbons (Fsp3) is 0.0667. The van der Waals surface area contributed by atoms with E-state index in [-0.39, 0.29) is 5.78 Å². The number of methoxy groups -OCH3 is 1. The van der Waals surface area contributed by atoms with Crippen molar-refractivity contribution < 1.29 is 9.53 Å². The van der Waals surface area contributed by atoms with Crippen molar-refractivity contribution in [2.75, 3.05) is 7.11 Å². The minimum Gasteiger partial charge on any atom is -0.497 e. The summed E-state index contributed by atoms with van der Waals surface area (Å²) in [5.41, 5.74) is 1.97. The van der Waals surface area contributed by atoms with E-state index in [0.29, 0.717) is 16.3 Å². The van der Waals surface area contributed by atoms with Crippen LogP contribution in [0.5, 0.6) is 5.75 Å². The molecule has 0 aliphatic rings. The Morgan fingerprint density at radius 2 is 2.15 bits per heavy atom. The Kier molecular flexibility index (Phi) is 3.16. The van der Waals surface area contributed by atoms with Crippen molar-refractivity contribution in [3.8, 4) is 5.75 Å². The number of benzene rings is 1. The van der Waals surface area contributed by atoms with E-state index in [1.807, 2.05) is 18.2 Å². The zero-order valence-corrected chi connectivity index (χ0v) is 11.4. The quantitative estimate of drug-likeness (QED) is 0.592. The van der Waals surface area contributed by atoms with Gasteiger partial charge in [-0.1, -0.05) is 11.6 Å². The molecule has 3 rings (SSSR count). The predicted molar refractivity (Wildman–Crippen MR) is 77.5 cm³/mol. The monoisotopic (exact) mass is 286 g/mol. The zero-order valence-electron chi connectivity index (χ0n) is 10.7. The Morgan fingerprint density at radius 3 is 2.85 bits per heavy atom. The number of aromatic nitrogens is 2. The molecule has 0 bridgehead atoms. The van der Waals surface area contributed by atoms with Gasteiger partial charge in [-0.05, 0) is 24.3 Å². The maximum atomic E-state index is 12.5. The number of ketones is 1. The Bertz CT molecular complexity index is 778. The molecule has 0 atom stereocenters. The van der Waals surface area contributed by atoms with Gasteiger partial charge in [-0.2, -0.15) is 0 Å². The maximum Gasteiger partial charge on any atom is 0.196 e. The maximum absolute atomic E-state index is 12.5. The lowest BCUT2D eigenvalue weighted by Gasteiger charge is -2.01. The van der Waals surface area contributed by atoms with Crippen LogP contribution in [0.25, 0.3) is 10.9 Å². The first-order valence-electron chi connectivity index (χ1n) is 6.00. The van der Waals surface area contributed by atoms with Crippen molar-refractivity contribution in [2.45, 2.75) is 0 Å². The smallest absolute Gasteiger partial charge is 0.196 e. The van der Waals surface area contributed by atoms with Crippen LogP contribution in [0.1, 0.15) is 15.9 Å². The molecule has 100 valence electrons. The van der Waals surface area contributed by atoms with Crippen molar-refractivity contribution in [1.82, 2.24) is 9.97 Å². The van der Waals surface area contributed by atoms with Crippen LogP contribution < -0.4 is 4.74 Å². The fourth-order valence-corrected chi connectivity index (χ4v) is 2.20. The van der Waals surface area contributed by atoms with Gasteiger partial charge in [0.1, 0.15) is 10.9 Å². The number of nitrogens with one attached hydrogen (secondary N) is 1. The number of hydrogen-bond donors (Lipinski definition) is 1. The number of halogens is 1. The Morgan fingerprint density at radius 1 is 1.30 bits per heavy atom. The molecule has 0 unspecified atom stereocenters. The molecule has 0 aliphatic heterocycles. The number of H-pyrrole nitrogens is 1. The van der Waals surface area contributed by atoms with Crippen LogP contribution in [0, 0.1) is 0 Å². The van der Waals surface area contributed by atoms with Crippen LogP contribution in [0.2, 0.25) is 5.15 Å². The van der Waals surface area contributed by atoms with E-state index < -0.39 is 0 Å². The molecular formula is C15H11ClN2O2. The second kappa shape index (κ2) is 4.98. The lowest BCUT2D eigenvalue weighted by molar-refractivity contribution is 0.104. The second-order valence-electron chi connectivity index (χ2n) is 4.31. The molecule has 5 heteroatoms. The van der Waals surface area contributed by atoms with Crippen LogP contribution in [0.3, 0.4) is 0 Å². The predicted octanol–water partition coefficient (Wildman–Crippen LogP) is 3.46. The van der Waals surface area contributed by atoms with Crippen LogP contribution in [0.15, 0.2) is 42.7 Å². The van der Waals surface area contributed by atoms with Crippen molar-refractivity contribution >= 4 is 28.3 Å². The van der Waals surface area contributed by atoms with E-state index in [1.54, 1.807) is 25.4 Å². The van der Waals surface area contributed by atoms with E-state index in [9.17, 15) is 4.79 Å². The van der Waals surface area contributed by atoms with Crippen LogP contribution in [-0.4, -0.2) is 22.9 Å². The number of hydrogen-bond acceptors (Lipinski definition) is 3. The molecule has 2 aromatic heterocycles. The Hall–Kier alpha value is -2.33. The van der Waals surface area contributed by atoms with Crippen LogP contribution in [0.4, 0.5) is 0 Å². The van der Waals surface area contributed by atoms with Crippen molar-refractivity contribution in [3.05, 3.63) is 59.0 Å². The number of nitrogens with zero attached hydrogens (tertiary/aromatic N) is 1. The second-order valence-corrected chi connectivity index (χ2v) is 4.70. The summed E-state index contributed by atoms with van der Waals surface area (Å²) in [6.07, 6.45) is 3.17. The summed E-state index contributed by atoms with van der Waals surface area (Å²) in [6, 6.07) is 8.81.